The molecule has 2 aromatic rings. The van der Waals surface area contributed by atoms with E-state index in [-0.39, 0.29) is 11.3 Å². The number of ketones is 1. The molecule has 0 aliphatic carbocycles. The van der Waals surface area contributed by atoms with E-state index in [2.05, 4.69) is 0 Å². The molecule has 1 saturated heterocycles. The summed E-state index contributed by atoms with van der Waals surface area (Å²) in [6, 6.07) is 9.69. The number of carbonyl (C=O) groups excluding carboxylic acids is 2. The number of hydrogen-bond donors (Lipinski definition) is 1. The largest absolute Gasteiger partial charge is 0.507 e. The number of amides is 1. The zero-order valence-corrected chi connectivity index (χ0v) is 18.0. The number of rotatable bonds is 6. The third-order valence-electron chi connectivity index (χ3n) is 5.52. The molecule has 0 spiro atoms. The van der Waals surface area contributed by atoms with Crippen molar-refractivity contribution in [2.24, 2.45) is 0 Å². The molecule has 0 aromatic heterocycles. The van der Waals surface area contributed by atoms with Gasteiger partial charge in [-0.1, -0.05) is 12.1 Å². The highest BCUT2D eigenvalue weighted by atomic mass is 19.1. The van der Waals surface area contributed by atoms with Gasteiger partial charge in [0.25, 0.3) is 11.7 Å². The van der Waals surface area contributed by atoms with Crippen molar-refractivity contribution < 1.29 is 28.6 Å². The van der Waals surface area contributed by atoms with E-state index in [1.807, 2.05) is 19.0 Å². The molecule has 2 aliphatic rings. The number of aliphatic hydroxyl groups is 1. The summed E-state index contributed by atoms with van der Waals surface area (Å²) in [6.07, 6.45) is 0.621. The third-order valence-corrected chi connectivity index (χ3v) is 5.52. The molecule has 0 unspecified atom stereocenters. The molecule has 0 saturated carbocycles. The number of Topliss-reactive ketones (excluding diaryl/α,β-unsaturated/α-hetero) is 1. The third kappa shape index (κ3) is 4.18. The summed E-state index contributed by atoms with van der Waals surface area (Å²) in [6.45, 7) is 1.80. The van der Waals surface area contributed by atoms with Crippen LogP contribution in [0.4, 0.5) is 4.39 Å². The van der Waals surface area contributed by atoms with Gasteiger partial charge in [0.05, 0.1) is 11.6 Å². The molecule has 4 rings (SSSR count). The topological polar surface area (TPSA) is 79.3 Å². The Labute approximate surface area is 185 Å². The summed E-state index contributed by atoms with van der Waals surface area (Å²) >= 11 is 0. The first-order chi connectivity index (χ1) is 15.4. The van der Waals surface area contributed by atoms with Crippen LogP contribution in [0, 0.1) is 5.82 Å². The highest BCUT2D eigenvalue weighted by Crippen LogP contribution is 2.41. The first-order valence-corrected chi connectivity index (χ1v) is 10.5. The summed E-state index contributed by atoms with van der Waals surface area (Å²) in [5.74, 6) is -1.33. The predicted molar refractivity (Wildman–Crippen MR) is 116 cm³/mol. The second kappa shape index (κ2) is 9.00. The van der Waals surface area contributed by atoms with Crippen LogP contribution in [0.1, 0.15) is 23.6 Å². The maximum absolute atomic E-state index is 14.0. The second-order valence-electron chi connectivity index (χ2n) is 8.06. The van der Waals surface area contributed by atoms with Gasteiger partial charge >= 0.3 is 0 Å². The Balaban J connectivity index is 1.79. The molecule has 1 N–H and O–H groups in total. The van der Waals surface area contributed by atoms with E-state index in [1.165, 1.54) is 23.1 Å². The Hall–Kier alpha value is -3.39. The van der Waals surface area contributed by atoms with Crippen LogP contribution in [0.5, 0.6) is 11.5 Å². The van der Waals surface area contributed by atoms with Crippen molar-refractivity contribution >= 4 is 17.4 Å². The Kier molecular flexibility index (Phi) is 6.14. The molecule has 1 amide bonds. The molecule has 1 atom stereocenters. The molecule has 1 fully saturated rings. The molecule has 8 heteroatoms. The van der Waals surface area contributed by atoms with Crippen LogP contribution in [-0.2, 0) is 9.59 Å². The number of aliphatic hydroxyl groups excluding tert-OH is 1. The van der Waals surface area contributed by atoms with Crippen LogP contribution in [0.15, 0.2) is 48.0 Å². The van der Waals surface area contributed by atoms with Gasteiger partial charge < -0.3 is 24.4 Å². The van der Waals surface area contributed by atoms with Crippen molar-refractivity contribution in [2.45, 2.75) is 12.5 Å². The highest BCUT2D eigenvalue weighted by molar-refractivity contribution is 6.46. The van der Waals surface area contributed by atoms with E-state index in [4.69, 9.17) is 9.47 Å². The molecule has 0 bridgehead atoms. The first-order valence-electron chi connectivity index (χ1n) is 10.5. The van der Waals surface area contributed by atoms with Gasteiger partial charge in [-0.2, -0.15) is 0 Å². The van der Waals surface area contributed by atoms with Crippen molar-refractivity contribution in [3.05, 3.63) is 65.0 Å². The quantitative estimate of drug-likeness (QED) is 0.423. The van der Waals surface area contributed by atoms with E-state index < -0.39 is 23.5 Å². The Morgan fingerprint density at radius 2 is 1.88 bits per heavy atom. The van der Waals surface area contributed by atoms with Crippen LogP contribution in [0.25, 0.3) is 5.76 Å². The minimum Gasteiger partial charge on any atom is -0.507 e. The predicted octanol–water partition coefficient (Wildman–Crippen LogP) is 2.97. The molecule has 2 aromatic carbocycles. The van der Waals surface area contributed by atoms with Gasteiger partial charge in [-0.15, -0.1) is 0 Å². The van der Waals surface area contributed by atoms with Gasteiger partial charge in [-0.3, -0.25) is 9.59 Å². The fraction of sp³-hybridized carbons (Fsp3) is 0.333. The van der Waals surface area contributed by atoms with Crippen LogP contribution in [0.3, 0.4) is 0 Å². The van der Waals surface area contributed by atoms with E-state index in [0.717, 1.165) is 0 Å². The molecule has 2 heterocycles. The highest BCUT2D eigenvalue weighted by Gasteiger charge is 2.46. The van der Waals surface area contributed by atoms with Gasteiger partial charge in [0.2, 0.25) is 0 Å². The smallest absolute Gasteiger partial charge is 0.295 e. The lowest BCUT2D eigenvalue weighted by Crippen LogP contribution is -2.32. The maximum Gasteiger partial charge on any atom is 0.295 e. The zero-order chi connectivity index (χ0) is 22.8. The van der Waals surface area contributed by atoms with Gasteiger partial charge in [-0.05, 0) is 63.0 Å². The molecule has 2 aliphatic heterocycles. The molecular formula is C24H25FN2O5. The summed E-state index contributed by atoms with van der Waals surface area (Å²) in [4.78, 5) is 29.3. The summed E-state index contributed by atoms with van der Waals surface area (Å²) < 4.78 is 25.1. The van der Waals surface area contributed by atoms with Crippen molar-refractivity contribution in [1.82, 2.24) is 9.80 Å². The number of benzene rings is 2. The normalized spacial score (nSPS) is 19.6. The molecule has 168 valence electrons. The summed E-state index contributed by atoms with van der Waals surface area (Å²) in [5.41, 5.74) is 0.678. The fourth-order valence-corrected chi connectivity index (χ4v) is 4.04. The number of nitrogens with zero attached hydrogens (tertiary/aromatic N) is 2. The SMILES string of the molecule is CN(C)CCCN1C(=O)C(=O)/C(=C(/O)c2ccc3c(c2)OCCO3)[C@@H]1c1cccc(F)c1. The number of likely N-dealkylation sites (tertiary alicyclic amines) is 1. The van der Waals surface area contributed by atoms with E-state index in [1.54, 1.807) is 24.3 Å². The monoisotopic (exact) mass is 440 g/mol. The molecule has 32 heavy (non-hydrogen) atoms. The standard InChI is InChI=1S/C24H25FN2O5/c1-26(2)9-4-10-27-21(15-5-3-6-17(25)13-15)20(23(29)24(27)30)22(28)16-7-8-18-19(14-16)32-12-11-31-18/h3,5-8,13-14,21,28H,4,9-12H2,1-2H3/b22-20+/t21-/m0/s1. The fourth-order valence-electron chi connectivity index (χ4n) is 4.04. The van der Waals surface area contributed by atoms with E-state index >= 15 is 0 Å². The van der Waals surface area contributed by atoms with Gasteiger partial charge in [0, 0.05) is 12.1 Å². The molecular weight excluding hydrogens is 415 g/mol. The first kappa shape index (κ1) is 21.8. The second-order valence-corrected chi connectivity index (χ2v) is 8.06. The van der Waals surface area contributed by atoms with Crippen molar-refractivity contribution in [1.29, 1.82) is 0 Å². The number of fused-ring (bicyclic) bond motifs is 1. The average molecular weight is 440 g/mol. The number of hydrogen-bond acceptors (Lipinski definition) is 6. The lowest BCUT2D eigenvalue weighted by Gasteiger charge is -2.26. The Morgan fingerprint density at radius 1 is 1.12 bits per heavy atom. The van der Waals surface area contributed by atoms with E-state index in [9.17, 15) is 19.1 Å². The van der Waals surface area contributed by atoms with Crippen molar-refractivity contribution in [2.75, 3.05) is 40.4 Å². The Bertz CT molecular complexity index is 1080. The average Bonchev–Trinajstić information content (AvgIpc) is 3.03. The summed E-state index contributed by atoms with van der Waals surface area (Å²) in [7, 11) is 3.83. The molecule has 7 nitrogen and oxygen atoms in total. The number of carbonyl (C=O) groups is 2. The molecule has 0 radical (unpaired) electrons. The number of ether oxygens (including phenoxy) is 2. The lowest BCUT2D eigenvalue weighted by molar-refractivity contribution is -0.139. The number of halogens is 1. The Morgan fingerprint density at radius 3 is 2.59 bits per heavy atom. The minimum atomic E-state index is -0.888. The summed E-state index contributed by atoms with van der Waals surface area (Å²) in [5, 5.41) is 11.1. The van der Waals surface area contributed by atoms with Crippen LogP contribution in [-0.4, -0.2) is 67.0 Å². The zero-order valence-electron chi connectivity index (χ0n) is 18.0. The van der Waals surface area contributed by atoms with Crippen LogP contribution < -0.4 is 9.47 Å². The van der Waals surface area contributed by atoms with Crippen molar-refractivity contribution in [3.63, 3.8) is 0 Å². The van der Waals surface area contributed by atoms with Gasteiger partial charge in [0.15, 0.2) is 11.5 Å². The van der Waals surface area contributed by atoms with Crippen molar-refractivity contribution in [3.8, 4) is 11.5 Å². The van der Waals surface area contributed by atoms with Crippen LogP contribution >= 0.6 is 0 Å². The van der Waals surface area contributed by atoms with Crippen LogP contribution in [0.2, 0.25) is 0 Å². The lowest BCUT2D eigenvalue weighted by atomic mass is 9.95. The minimum absolute atomic E-state index is 0.0675. The maximum atomic E-state index is 14.0. The van der Waals surface area contributed by atoms with Gasteiger partial charge in [0.1, 0.15) is 24.8 Å². The van der Waals surface area contributed by atoms with Gasteiger partial charge in [-0.25, -0.2) is 4.39 Å². The van der Waals surface area contributed by atoms with E-state index in [0.29, 0.717) is 55.4 Å².